The Balaban J connectivity index is 1.33. The van der Waals surface area contributed by atoms with Crippen LogP contribution >= 0.6 is 0 Å². The first-order chi connectivity index (χ1) is 17.4. The summed E-state index contributed by atoms with van der Waals surface area (Å²) in [4.78, 5) is 21.9. The van der Waals surface area contributed by atoms with Gasteiger partial charge < -0.3 is 15.6 Å². The Bertz CT molecular complexity index is 1220. The molecule has 0 aromatic heterocycles. The molecule has 0 radical (unpaired) electrons. The third-order valence-corrected chi connectivity index (χ3v) is 7.35. The van der Waals surface area contributed by atoms with Gasteiger partial charge in [-0.3, -0.25) is 14.7 Å². The Morgan fingerprint density at radius 1 is 1.17 bits per heavy atom. The van der Waals surface area contributed by atoms with Gasteiger partial charge in [0, 0.05) is 50.2 Å². The van der Waals surface area contributed by atoms with Crippen molar-refractivity contribution in [3.8, 4) is 0 Å². The number of amides is 1. The second-order valence-electron chi connectivity index (χ2n) is 10.2. The highest BCUT2D eigenvalue weighted by atomic mass is 16.2. The lowest BCUT2D eigenvalue weighted by atomic mass is 9.87. The number of likely N-dealkylation sites (N-methyl/N-ethyl adjacent to an activating group) is 1. The van der Waals surface area contributed by atoms with Crippen molar-refractivity contribution < 1.29 is 4.79 Å². The molecule has 1 amide bonds. The maximum Gasteiger partial charge on any atom is 0.273 e. The van der Waals surface area contributed by atoms with Crippen molar-refractivity contribution in [2.24, 2.45) is 4.99 Å². The third-order valence-electron chi connectivity index (χ3n) is 7.35. The Morgan fingerprint density at radius 2 is 2.00 bits per heavy atom. The number of carbonyl (C=O) groups is 1. The summed E-state index contributed by atoms with van der Waals surface area (Å²) < 4.78 is 0. The van der Waals surface area contributed by atoms with Crippen LogP contribution < -0.4 is 16.2 Å². The number of nitrogens with one attached hydrogen (secondary N) is 3. The highest BCUT2D eigenvalue weighted by Gasteiger charge is 2.34. The second kappa shape index (κ2) is 10.4. The average molecular weight is 485 g/mol. The van der Waals surface area contributed by atoms with E-state index in [0.29, 0.717) is 5.70 Å². The normalized spacial score (nSPS) is 22.4. The quantitative estimate of drug-likeness (QED) is 0.571. The number of rotatable bonds is 6. The summed E-state index contributed by atoms with van der Waals surface area (Å²) in [6, 6.07) is 12.8. The van der Waals surface area contributed by atoms with Crippen molar-refractivity contribution in [3.63, 3.8) is 0 Å². The molecule has 2 aromatic rings. The van der Waals surface area contributed by atoms with E-state index < -0.39 is 5.54 Å². The van der Waals surface area contributed by atoms with Crippen LogP contribution in [0.5, 0.6) is 0 Å². The van der Waals surface area contributed by atoms with Crippen LogP contribution in [0.3, 0.4) is 0 Å². The number of fused-ring (bicyclic) bond motifs is 1. The Labute approximate surface area is 213 Å². The number of allylic oxidation sites excluding steroid dienone is 1. The molecule has 2 aromatic carbocycles. The molecule has 1 saturated heterocycles. The van der Waals surface area contributed by atoms with Crippen LogP contribution in [0.25, 0.3) is 6.08 Å². The third kappa shape index (κ3) is 5.28. The summed E-state index contributed by atoms with van der Waals surface area (Å²) >= 11 is 0. The van der Waals surface area contributed by atoms with Crippen molar-refractivity contribution >= 4 is 29.6 Å². The lowest BCUT2D eigenvalue weighted by Gasteiger charge is -2.32. The largest absolute Gasteiger partial charge is 0.320 e. The predicted molar refractivity (Wildman–Crippen MR) is 148 cm³/mol. The molecule has 7 heteroatoms. The van der Waals surface area contributed by atoms with Gasteiger partial charge in [-0.2, -0.15) is 0 Å². The molecule has 7 nitrogen and oxygen atoms in total. The maximum absolute atomic E-state index is 12.7. The Kier molecular flexibility index (Phi) is 7.05. The van der Waals surface area contributed by atoms with Gasteiger partial charge in [0.15, 0.2) is 0 Å². The SMILES string of the molecule is Cc1c(NC(=O)C2=CCCC=N2)ccc2c1C(C)(/C=C/c1cccc(CN3CCN(C)CC3)c1)NN2. The van der Waals surface area contributed by atoms with Crippen LogP contribution in [-0.4, -0.2) is 55.1 Å². The molecule has 0 aliphatic carbocycles. The molecule has 1 unspecified atom stereocenters. The monoisotopic (exact) mass is 484 g/mol. The summed E-state index contributed by atoms with van der Waals surface area (Å²) in [5.74, 6) is -0.165. The van der Waals surface area contributed by atoms with Crippen molar-refractivity contribution in [2.75, 3.05) is 44.0 Å². The topological polar surface area (TPSA) is 72.0 Å². The number of benzene rings is 2. The van der Waals surface area contributed by atoms with E-state index in [1.165, 1.54) is 11.1 Å². The number of nitrogens with zero attached hydrogens (tertiary/aromatic N) is 3. The van der Waals surface area contributed by atoms with Gasteiger partial charge in [-0.25, -0.2) is 5.43 Å². The Morgan fingerprint density at radius 3 is 2.78 bits per heavy atom. The number of hydrogen-bond donors (Lipinski definition) is 3. The highest BCUT2D eigenvalue weighted by molar-refractivity contribution is 6.05. The lowest BCUT2D eigenvalue weighted by molar-refractivity contribution is -0.112. The zero-order valence-corrected chi connectivity index (χ0v) is 21.5. The second-order valence-corrected chi connectivity index (χ2v) is 10.2. The van der Waals surface area contributed by atoms with Crippen LogP contribution in [0.15, 0.2) is 59.2 Å². The molecule has 1 atom stereocenters. The number of carbonyl (C=O) groups excluding carboxylic acids is 1. The molecule has 5 rings (SSSR count). The van der Waals surface area contributed by atoms with Gasteiger partial charge in [0.05, 0.1) is 11.2 Å². The number of piperazine rings is 1. The van der Waals surface area contributed by atoms with Gasteiger partial charge in [0.2, 0.25) is 0 Å². The zero-order chi connectivity index (χ0) is 25.1. The smallest absolute Gasteiger partial charge is 0.273 e. The number of anilines is 2. The van der Waals surface area contributed by atoms with Crippen LogP contribution in [0.4, 0.5) is 11.4 Å². The maximum atomic E-state index is 12.7. The lowest BCUT2D eigenvalue weighted by Crippen LogP contribution is -2.43. The summed E-state index contributed by atoms with van der Waals surface area (Å²) in [5.41, 5.74) is 13.3. The van der Waals surface area contributed by atoms with E-state index in [2.05, 4.69) is 88.3 Å². The first-order valence-electron chi connectivity index (χ1n) is 12.8. The minimum Gasteiger partial charge on any atom is -0.320 e. The molecule has 3 aliphatic heterocycles. The van der Waals surface area contributed by atoms with Gasteiger partial charge in [0.1, 0.15) is 5.70 Å². The first-order valence-corrected chi connectivity index (χ1v) is 12.8. The van der Waals surface area contributed by atoms with Crippen LogP contribution in [0, 0.1) is 6.92 Å². The predicted octanol–water partition coefficient (Wildman–Crippen LogP) is 4.29. The van der Waals surface area contributed by atoms with Crippen LogP contribution in [-0.2, 0) is 16.9 Å². The fourth-order valence-corrected chi connectivity index (χ4v) is 5.18. The molecular formula is C29H36N6O. The molecule has 36 heavy (non-hydrogen) atoms. The summed E-state index contributed by atoms with van der Waals surface area (Å²) in [5, 5.41) is 3.06. The summed E-state index contributed by atoms with van der Waals surface area (Å²) in [7, 11) is 2.19. The van der Waals surface area contributed by atoms with Crippen molar-refractivity contribution in [2.45, 2.75) is 38.8 Å². The van der Waals surface area contributed by atoms with E-state index in [-0.39, 0.29) is 5.91 Å². The molecule has 0 spiro atoms. The van der Waals surface area contributed by atoms with Crippen molar-refractivity contribution in [1.29, 1.82) is 0 Å². The molecule has 3 aliphatic rings. The molecule has 1 fully saturated rings. The highest BCUT2D eigenvalue weighted by Crippen LogP contribution is 2.40. The summed E-state index contributed by atoms with van der Waals surface area (Å²) in [6.07, 6.45) is 9.82. The molecule has 0 saturated carbocycles. The standard InChI is InChI=1S/C29H36N6O/c1-21-24(31-28(36)26-9-4-5-14-30-26)10-11-25-27(21)29(2,33-32-25)13-12-22-7-6-8-23(19-22)20-35-17-15-34(3)16-18-35/h6-14,19,32-33H,4-5,15-18,20H2,1-3H3,(H,31,36)/b13-12+. The molecule has 3 N–H and O–H groups in total. The summed E-state index contributed by atoms with van der Waals surface area (Å²) in [6.45, 7) is 9.68. The van der Waals surface area contributed by atoms with E-state index in [1.807, 2.05) is 18.2 Å². The van der Waals surface area contributed by atoms with Crippen molar-refractivity contribution in [1.82, 2.24) is 15.2 Å². The number of aliphatic imine (C=N–C) groups is 1. The zero-order valence-electron chi connectivity index (χ0n) is 21.5. The molecule has 3 heterocycles. The first kappa shape index (κ1) is 24.4. The minimum absolute atomic E-state index is 0.165. The molecule has 188 valence electrons. The number of hydrazine groups is 1. The molecule has 0 bridgehead atoms. The van der Waals surface area contributed by atoms with E-state index in [9.17, 15) is 4.79 Å². The van der Waals surface area contributed by atoms with Gasteiger partial charge in [0.25, 0.3) is 5.91 Å². The van der Waals surface area contributed by atoms with Gasteiger partial charge in [-0.15, -0.1) is 0 Å². The number of hydrogen-bond acceptors (Lipinski definition) is 6. The Hall–Kier alpha value is -3.26. The van der Waals surface area contributed by atoms with Gasteiger partial charge >= 0.3 is 0 Å². The van der Waals surface area contributed by atoms with Crippen LogP contribution in [0.2, 0.25) is 0 Å². The van der Waals surface area contributed by atoms with Gasteiger partial charge in [-0.1, -0.05) is 42.5 Å². The average Bonchev–Trinajstić information content (AvgIpc) is 3.24. The van der Waals surface area contributed by atoms with E-state index in [1.54, 1.807) is 6.21 Å². The van der Waals surface area contributed by atoms with E-state index in [0.717, 1.165) is 68.1 Å². The molecular weight excluding hydrogens is 448 g/mol. The van der Waals surface area contributed by atoms with Gasteiger partial charge in [-0.05, 0) is 62.6 Å². The fourth-order valence-electron chi connectivity index (χ4n) is 5.18. The minimum atomic E-state index is -0.421. The fraction of sp³-hybridized carbons (Fsp3) is 0.379. The van der Waals surface area contributed by atoms with E-state index in [4.69, 9.17) is 0 Å². The van der Waals surface area contributed by atoms with E-state index >= 15 is 0 Å². The van der Waals surface area contributed by atoms with Crippen molar-refractivity contribution in [3.05, 3.63) is 76.5 Å². The van der Waals surface area contributed by atoms with Crippen LogP contribution in [0.1, 0.15) is 42.0 Å².